The number of benzene rings is 1. The van der Waals surface area contributed by atoms with Crippen LogP contribution < -0.4 is 16.6 Å². The Bertz CT molecular complexity index is 1210. The molecule has 8 heteroatoms. The average Bonchev–Trinajstić information content (AvgIpc) is 3.15. The summed E-state index contributed by atoms with van der Waals surface area (Å²) in [6, 6.07) is 9.40. The maximum absolute atomic E-state index is 13.1. The molecule has 0 bridgehead atoms. The highest BCUT2D eigenvalue weighted by atomic mass is 32.1. The summed E-state index contributed by atoms with van der Waals surface area (Å²) in [6.07, 6.45) is 3.19. The third-order valence-electron chi connectivity index (χ3n) is 5.64. The van der Waals surface area contributed by atoms with Gasteiger partial charge in [-0.15, -0.1) is 11.3 Å². The minimum absolute atomic E-state index is 0.0910. The smallest absolute Gasteiger partial charge is 0.263 e. The molecule has 0 spiro atoms. The van der Waals surface area contributed by atoms with Gasteiger partial charge in [0.05, 0.1) is 11.7 Å². The lowest BCUT2D eigenvalue weighted by atomic mass is 9.90. The standard InChI is InChI=1S/C23H24N4O3S/c1-3-13-7-9-14(10-8-13)23-25-12(2)19(31-23)22(30)27-18-6-4-5-17-15(18)11-16(20(24)28)21(29)26-17/h7-11,18H,3-6H2,1-2H3,(H2,24,28)(H,26,29)(H,27,30). The highest BCUT2D eigenvalue weighted by Gasteiger charge is 2.26. The lowest BCUT2D eigenvalue weighted by Gasteiger charge is -2.26. The lowest BCUT2D eigenvalue weighted by molar-refractivity contribution is 0.0935. The number of hydrogen-bond donors (Lipinski definition) is 3. The van der Waals surface area contributed by atoms with E-state index < -0.39 is 11.5 Å². The highest BCUT2D eigenvalue weighted by molar-refractivity contribution is 7.17. The third kappa shape index (κ3) is 4.16. The van der Waals surface area contributed by atoms with Gasteiger partial charge >= 0.3 is 0 Å². The predicted molar refractivity (Wildman–Crippen MR) is 120 cm³/mol. The van der Waals surface area contributed by atoms with E-state index in [0.717, 1.165) is 34.7 Å². The van der Waals surface area contributed by atoms with Crippen molar-refractivity contribution >= 4 is 23.2 Å². The van der Waals surface area contributed by atoms with Crippen molar-refractivity contribution in [2.45, 2.75) is 45.6 Å². The number of hydrogen-bond acceptors (Lipinski definition) is 5. The molecule has 160 valence electrons. The number of carbonyl (C=O) groups is 2. The van der Waals surface area contributed by atoms with E-state index in [1.807, 2.05) is 19.1 Å². The maximum Gasteiger partial charge on any atom is 0.263 e. The first-order chi connectivity index (χ1) is 14.9. The number of nitrogens with two attached hydrogens (primary N) is 1. The van der Waals surface area contributed by atoms with Crippen LogP contribution in [0.2, 0.25) is 0 Å². The minimum Gasteiger partial charge on any atom is -0.365 e. The Balaban J connectivity index is 1.60. The van der Waals surface area contributed by atoms with Crippen LogP contribution in [0.25, 0.3) is 10.6 Å². The van der Waals surface area contributed by atoms with Crippen LogP contribution in [0.4, 0.5) is 0 Å². The van der Waals surface area contributed by atoms with Crippen LogP contribution >= 0.6 is 11.3 Å². The molecule has 0 saturated carbocycles. The van der Waals surface area contributed by atoms with Gasteiger partial charge in [-0.3, -0.25) is 14.4 Å². The number of aryl methyl sites for hydroxylation is 3. The first kappa shape index (κ1) is 21.0. The summed E-state index contributed by atoms with van der Waals surface area (Å²) < 4.78 is 0. The van der Waals surface area contributed by atoms with Crippen molar-refractivity contribution in [3.8, 4) is 10.6 Å². The van der Waals surface area contributed by atoms with Gasteiger partial charge < -0.3 is 16.0 Å². The molecule has 4 N–H and O–H groups in total. The van der Waals surface area contributed by atoms with Crippen molar-refractivity contribution in [2.24, 2.45) is 5.73 Å². The number of primary amides is 1. The Hall–Kier alpha value is -3.26. The second-order valence-electron chi connectivity index (χ2n) is 7.71. The molecule has 1 aliphatic carbocycles. The zero-order valence-corrected chi connectivity index (χ0v) is 18.3. The van der Waals surface area contributed by atoms with Gasteiger partial charge in [0.15, 0.2) is 0 Å². The van der Waals surface area contributed by atoms with Crippen LogP contribution in [0.3, 0.4) is 0 Å². The fraction of sp³-hybridized carbons (Fsp3) is 0.304. The number of aromatic amines is 1. The van der Waals surface area contributed by atoms with Crippen molar-refractivity contribution in [3.63, 3.8) is 0 Å². The summed E-state index contributed by atoms with van der Waals surface area (Å²) in [5.74, 6) is -0.993. The first-order valence-corrected chi connectivity index (χ1v) is 11.1. The van der Waals surface area contributed by atoms with Crippen LogP contribution in [-0.2, 0) is 12.8 Å². The molecule has 4 rings (SSSR count). The zero-order chi connectivity index (χ0) is 22.1. The predicted octanol–water partition coefficient (Wildman–Crippen LogP) is 3.28. The lowest BCUT2D eigenvalue weighted by Crippen LogP contribution is -2.34. The number of carbonyl (C=O) groups excluding carboxylic acids is 2. The number of pyridine rings is 1. The molecule has 1 unspecified atom stereocenters. The van der Waals surface area contributed by atoms with Crippen molar-refractivity contribution in [1.29, 1.82) is 0 Å². The van der Waals surface area contributed by atoms with Gasteiger partial charge in [0, 0.05) is 11.3 Å². The number of aromatic nitrogens is 2. The van der Waals surface area contributed by atoms with E-state index in [-0.39, 0.29) is 17.5 Å². The van der Waals surface area contributed by atoms with E-state index in [1.54, 1.807) is 0 Å². The van der Waals surface area contributed by atoms with E-state index in [1.165, 1.54) is 23.0 Å². The van der Waals surface area contributed by atoms with Crippen LogP contribution in [0.15, 0.2) is 35.1 Å². The first-order valence-electron chi connectivity index (χ1n) is 10.3. The number of amides is 2. The summed E-state index contributed by atoms with van der Waals surface area (Å²) in [6.45, 7) is 3.93. The molecular weight excluding hydrogens is 412 g/mol. The Morgan fingerprint density at radius 1 is 1.29 bits per heavy atom. The van der Waals surface area contributed by atoms with Crippen molar-refractivity contribution in [3.05, 3.63) is 73.6 Å². The Morgan fingerprint density at radius 2 is 2.03 bits per heavy atom. The number of rotatable bonds is 5. The van der Waals surface area contributed by atoms with Crippen LogP contribution in [-0.4, -0.2) is 21.8 Å². The molecule has 2 amide bonds. The number of nitrogens with zero attached hydrogens (tertiary/aromatic N) is 1. The molecule has 2 heterocycles. The molecule has 0 saturated heterocycles. The topological polar surface area (TPSA) is 118 Å². The molecule has 3 aromatic rings. The van der Waals surface area contributed by atoms with Gasteiger partial charge in [-0.1, -0.05) is 31.2 Å². The number of fused-ring (bicyclic) bond motifs is 1. The molecule has 31 heavy (non-hydrogen) atoms. The summed E-state index contributed by atoms with van der Waals surface area (Å²) >= 11 is 1.36. The second kappa shape index (κ2) is 8.47. The van der Waals surface area contributed by atoms with Gasteiger partial charge in [0.25, 0.3) is 17.4 Å². The monoisotopic (exact) mass is 436 g/mol. The summed E-state index contributed by atoms with van der Waals surface area (Å²) in [7, 11) is 0. The van der Waals surface area contributed by atoms with E-state index in [4.69, 9.17) is 5.73 Å². The van der Waals surface area contributed by atoms with Crippen LogP contribution in [0, 0.1) is 6.92 Å². The van der Waals surface area contributed by atoms with E-state index >= 15 is 0 Å². The molecule has 7 nitrogen and oxygen atoms in total. The van der Waals surface area contributed by atoms with Gasteiger partial charge in [-0.25, -0.2) is 4.98 Å². The Kier molecular flexibility index (Phi) is 5.73. The number of nitrogens with one attached hydrogen (secondary N) is 2. The molecule has 0 radical (unpaired) electrons. The normalized spacial score (nSPS) is 15.4. The molecule has 1 atom stereocenters. The summed E-state index contributed by atoms with van der Waals surface area (Å²) in [5, 5.41) is 3.86. The molecule has 2 aromatic heterocycles. The largest absolute Gasteiger partial charge is 0.365 e. The van der Waals surface area contributed by atoms with Crippen molar-refractivity contribution in [1.82, 2.24) is 15.3 Å². The Morgan fingerprint density at radius 3 is 2.71 bits per heavy atom. The maximum atomic E-state index is 13.1. The van der Waals surface area contributed by atoms with Gasteiger partial charge in [0.2, 0.25) is 0 Å². The van der Waals surface area contributed by atoms with Crippen molar-refractivity contribution in [2.75, 3.05) is 0 Å². The SMILES string of the molecule is CCc1ccc(-c2nc(C)c(C(=O)NC3CCCc4[nH]c(=O)c(C(N)=O)cc43)s2)cc1. The van der Waals surface area contributed by atoms with Gasteiger partial charge in [-0.2, -0.15) is 0 Å². The average molecular weight is 437 g/mol. The van der Waals surface area contributed by atoms with Gasteiger partial charge in [-0.05, 0) is 49.8 Å². The molecule has 1 aliphatic rings. The summed E-state index contributed by atoms with van der Waals surface area (Å²) in [4.78, 5) is 44.6. The zero-order valence-electron chi connectivity index (χ0n) is 17.5. The second-order valence-corrected chi connectivity index (χ2v) is 8.71. The van der Waals surface area contributed by atoms with Crippen LogP contribution in [0.5, 0.6) is 0 Å². The van der Waals surface area contributed by atoms with E-state index in [9.17, 15) is 14.4 Å². The fourth-order valence-electron chi connectivity index (χ4n) is 3.91. The van der Waals surface area contributed by atoms with E-state index in [0.29, 0.717) is 23.4 Å². The van der Waals surface area contributed by atoms with E-state index in [2.05, 4.69) is 34.3 Å². The number of H-pyrrole nitrogens is 1. The summed E-state index contributed by atoms with van der Waals surface area (Å²) in [5.41, 5.74) is 9.13. The third-order valence-corrected chi connectivity index (χ3v) is 6.84. The molecule has 0 fully saturated rings. The highest BCUT2D eigenvalue weighted by Crippen LogP contribution is 2.31. The quantitative estimate of drug-likeness (QED) is 0.569. The Labute approximate surface area is 183 Å². The fourth-order valence-corrected chi connectivity index (χ4v) is 4.89. The number of thiazole rings is 1. The van der Waals surface area contributed by atoms with Crippen LogP contribution in [0.1, 0.15) is 68.4 Å². The van der Waals surface area contributed by atoms with Gasteiger partial charge in [0.1, 0.15) is 15.4 Å². The van der Waals surface area contributed by atoms with Crippen molar-refractivity contribution < 1.29 is 9.59 Å². The molecule has 1 aromatic carbocycles. The molecule has 0 aliphatic heterocycles. The minimum atomic E-state index is -0.781. The molecular formula is C23H24N4O3S.